The van der Waals surface area contributed by atoms with Gasteiger partial charge in [-0.25, -0.2) is 0 Å². The van der Waals surface area contributed by atoms with Gasteiger partial charge in [-0.15, -0.1) is 11.3 Å². The van der Waals surface area contributed by atoms with E-state index in [0.717, 1.165) is 30.8 Å². The van der Waals surface area contributed by atoms with Crippen molar-refractivity contribution in [2.24, 2.45) is 5.92 Å². The lowest BCUT2D eigenvalue weighted by Crippen LogP contribution is -2.40. The average molecular weight is 300 g/mol. The lowest BCUT2D eigenvalue weighted by atomic mass is 9.92. The van der Waals surface area contributed by atoms with Crippen LogP contribution in [0.15, 0.2) is 36.7 Å². The van der Waals surface area contributed by atoms with Crippen LogP contribution in [0.4, 0.5) is 0 Å². The predicted octanol–water partition coefficient (Wildman–Crippen LogP) is 3.55. The maximum atomic E-state index is 12.5. The minimum Gasteiger partial charge on any atom is -0.338 e. The zero-order valence-corrected chi connectivity index (χ0v) is 13.1. The zero-order valence-electron chi connectivity index (χ0n) is 12.3. The summed E-state index contributed by atoms with van der Waals surface area (Å²) in [5.74, 6) is 0.747. The molecule has 0 N–H and O–H groups in total. The first kappa shape index (κ1) is 14.3. The van der Waals surface area contributed by atoms with E-state index in [4.69, 9.17) is 0 Å². The summed E-state index contributed by atoms with van der Waals surface area (Å²) in [6, 6.07) is 8.08. The predicted molar refractivity (Wildman–Crippen MR) is 85.6 cm³/mol. The van der Waals surface area contributed by atoms with Crippen LogP contribution in [0.5, 0.6) is 0 Å². The van der Waals surface area contributed by atoms with Crippen LogP contribution < -0.4 is 0 Å². The smallest absolute Gasteiger partial charge is 0.263 e. The topological polar surface area (TPSA) is 33.2 Å². The first-order chi connectivity index (χ1) is 10.2. The fourth-order valence-corrected chi connectivity index (χ4v) is 3.81. The molecule has 1 unspecified atom stereocenters. The van der Waals surface area contributed by atoms with Crippen LogP contribution in [0, 0.1) is 12.8 Å². The van der Waals surface area contributed by atoms with E-state index in [1.54, 1.807) is 17.5 Å². The molecule has 21 heavy (non-hydrogen) atoms. The van der Waals surface area contributed by atoms with E-state index in [9.17, 15) is 4.79 Å². The highest BCUT2D eigenvalue weighted by atomic mass is 32.1. The van der Waals surface area contributed by atoms with Crippen LogP contribution in [0.1, 0.15) is 33.0 Å². The quantitative estimate of drug-likeness (QED) is 0.868. The molecule has 0 spiro atoms. The van der Waals surface area contributed by atoms with Crippen molar-refractivity contribution in [3.05, 3.63) is 52.0 Å². The van der Waals surface area contributed by atoms with Gasteiger partial charge in [0.2, 0.25) is 0 Å². The highest BCUT2D eigenvalue weighted by Crippen LogP contribution is 2.24. The van der Waals surface area contributed by atoms with Crippen LogP contribution in [0.3, 0.4) is 0 Å². The first-order valence-electron chi connectivity index (χ1n) is 7.47. The average Bonchev–Trinajstić information content (AvgIpc) is 2.94. The highest BCUT2D eigenvalue weighted by Gasteiger charge is 2.25. The molecule has 1 atom stereocenters. The molecule has 3 heterocycles. The maximum Gasteiger partial charge on any atom is 0.263 e. The fraction of sp³-hybridized carbons (Fsp3) is 0.412. The lowest BCUT2D eigenvalue weighted by Gasteiger charge is -2.32. The summed E-state index contributed by atoms with van der Waals surface area (Å²) in [4.78, 5) is 20.8. The van der Waals surface area contributed by atoms with Crippen LogP contribution in [0.25, 0.3) is 0 Å². The van der Waals surface area contributed by atoms with Gasteiger partial charge in [-0.3, -0.25) is 9.78 Å². The van der Waals surface area contributed by atoms with Crippen molar-refractivity contribution in [3.8, 4) is 0 Å². The first-order valence-corrected chi connectivity index (χ1v) is 8.28. The Labute approximate surface area is 129 Å². The number of nitrogens with zero attached hydrogens (tertiary/aromatic N) is 2. The van der Waals surface area contributed by atoms with Gasteiger partial charge in [0, 0.05) is 30.4 Å². The molecule has 1 aliphatic heterocycles. The Bertz CT molecular complexity index is 608. The Kier molecular flexibility index (Phi) is 4.34. The molecule has 0 aromatic carbocycles. The molecule has 1 saturated heterocycles. The molecule has 1 aliphatic rings. The molecule has 2 aromatic heterocycles. The van der Waals surface area contributed by atoms with E-state index in [2.05, 4.69) is 11.1 Å². The molecule has 1 fully saturated rings. The second-order valence-electron chi connectivity index (χ2n) is 5.74. The minimum atomic E-state index is 0.198. The van der Waals surface area contributed by atoms with E-state index < -0.39 is 0 Å². The van der Waals surface area contributed by atoms with Crippen LogP contribution in [-0.2, 0) is 6.42 Å². The van der Waals surface area contributed by atoms with Gasteiger partial charge in [0.1, 0.15) is 0 Å². The van der Waals surface area contributed by atoms with Gasteiger partial charge in [-0.05, 0) is 55.9 Å². The van der Waals surface area contributed by atoms with Gasteiger partial charge in [-0.1, -0.05) is 6.07 Å². The molecule has 0 radical (unpaired) electrons. The molecular weight excluding hydrogens is 280 g/mol. The standard InChI is InChI=1S/C17H20N2OS/c1-13-6-7-16(21-13)17(20)19-9-3-5-15(12-19)10-14-4-2-8-18-11-14/h2,4,6-8,11,15H,3,5,9-10,12H2,1H3. The maximum absolute atomic E-state index is 12.5. The van der Waals surface area contributed by atoms with Crippen molar-refractivity contribution >= 4 is 17.2 Å². The third-order valence-corrected chi connectivity index (χ3v) is 4.99. The third kappa shape index (κ3) is 3.50. The van der Waals surface area contributed by atoms with Gasteiger partial charge >= 0.3 is 0 Å². The molecule has 0 aliphatic carbocycles. The summed E-state index contributed by atoms with van der Waals surface area (Å²) in [5.41, 5.74) is 1.27. The van der Waals surface area contributed by atoms with Gasteiger partial charge in [0.25, 0.3) is 5.91 Å². The van der Waals surface area contributed by atoms with Crippen molar-refractivity contribution in [2.45, 2.75) is 26.2 Å². The van der Waals surface area contributed by atoms with Crippen LogP contribution in [-0.4, -0.2) is 28.9 Å². The number of aryl methyl sites for hydroxylation is 1. The Morgan fingerprint density at radius 2 is 2.33 bits per heavy atom. The molecule has 3 nitrogen and oxygen atoms in total. The van der Waals surface area contributed by atoms with E-state index in [-0.39, 0.29) is 5.91 Å². The van der Waals surface area contributed by atoms with Gasteiger partial charge in [0.05, 0.1) is 4.88 Å². The molecule has 110 valence electrons. The molecular formula is C17H20N2OS. The Hall–Kier alpha value is -1.68. The normalized spacial score (nSPS) is 18.7. The van der Waals surface area contributed by atoms with Crippen molar-refractivity contribution in [3.63, 3.8) is 0 Å². The number of hydrogen-bond acceptors (Lipinski definition) is 3. The van der Waals surface area contributed by atoms with Gasteiger partial charge in [0.15, 0.2) is 0 Å². The van der Waals surface area contributed by atoms with Crippen LogP contribution in [0.2, 0.25) is 0 Å². The van der Waals surface area contributed by atoms with Crippen molar-refractivity contribution in [1.82, 2.24) is 9.88 Å². The number of carbonyl (C=O) groups is 1. The number of thiophene rings is 1. The van der Waals surface area contributed by atoms with Crippen molar-refractivity contribution in [2.75, 3.05) is 13.1 Å². The Morgan fingerprint density at radius 1 is 1.43 bits per heavy atom. The summed E-state index contributed by atoms with van der Waals surface area (Å²) < 4.78 is 0. The number of aromatic nitrogens is 1. The summed E-state index contributed by atoms with van der Waals surface area (Å²) in [7, 11) is 0. The summed E-state index contributed by atoms with van der Waals surface area (Å²) in [5, 5.41) is 0. The second-order valence-corrected chi connectivity index (χ2v) is 7.02. The zero-order chi connectivity index (χ0) is 14.7. The Balaban J connectivity index is 1.64. The van der Waals surface area contributed by atoms with Crippen molar-refractivity contribution < 1.29 is 4.79 Å². The monoisotopic (exact) mass is 300 g/mol. The van der Waals surface area contributed by atoms with Crippen molar-refractivity contribution in [1.29, 1.82) is 0 Å². The summed E-state index contributed by atoms with van der Waals surface area (Å²) >= 11 is 1.59. The number of piperidine rings is 1. The number of likely N-dealkylation sites (tertiary alicyclic amines) is 1. The minimum absolute atomic E-state index is 0.198. The van der Waals surface area contributed by atoms with E-state index >= 15 is 0 Å². The number of rotatable bonds is 3. The SMILES string of the molecule is Cc1ccc(C(=O)N2CCCC(Cc3cccnc3)C2)s1. The number of amides is 1. The molecule has 2 aromatic rings. The van der Waals surface area contributed by atoms with E-state index in [1.165, 1.54) is 16.9 Å². The second kappa shape index (κ2) is 6.39. The van der Waals surface area contributed by atoms with E-state index in [0.29, 0.717) is 5.92 Å². The molecule has 4 heteroatoms. The number of carbonyl (C=O) groups excluding carboxylic acids is 1. The van der Waals surface area contributed by atoms with Crippen LogP contribution >= 0.6 is 11.3 Å². The van der Waals surface area contributed by atoms with Gasteiger partial charge in [-0.2, -0.15) is 0 Å². The summed E-state index contributed by atoms with van der Waals surface area (Å²) in [6.45, 7) is 3.80. The Morgan fingerprint density at radius 3 is 3.05 bits per heavy atom. The largest absolute Gasteiger partial charge is 0.338 e. The lowest BCUT2D eigenvalue weighted by molar-refractivity contribution is 0.0678. The fourth-order valence-electron chi connectivity index (χ4n) is 2.97. The van der Waals surface area contributed by atoms with Gasteiger partial charge < -0.3 is 4.90 Å². The number of pyridine rings is 1. The molecule has 0 saturated carbocycles. The number of hydrogen-bond donors (Lipinski definition) is 0. The third-order valence-electron chi connectivity index (χ3n) is 4.00. The summed E-state index contributed by atoms with van der Waals surface area (Å²) in [6.07, 6.45) is 7.05. The molecule has 1 amide bonds. The highest BCUT2D eigenvalue weighted by molar-refractivity contribution is 7.13. The van der Waals surface area contributed by atoms with E-state index in [1.807, 2.05) is 36.2 Å². The molecule has 0 bridgehead atoms. The molecule has 3 rings (SSSR count).